The highest BCUT2D eigenvalue weighted by molar-refractivity contribution is 7.15. The van der Waals surface area contributed by atoms with Gasteiger partial charge >= 0.3 is 0 Å². The third kappa shape index (κ3) is 2.33. The van der Waals surface area contributed by atoms with E-state index < -0.39 is 0 Å². The molecule has 0 saturated heterocycles. The van der Waals surface area contributed by atoms with E-state index in [9.17, 15) is 0 Å². The van der Waals surface area contributed by atoms with E-state index in [0.29, 0.717) is 12.0 Å². The first kappa shape index (κ1) is 10.9. The SMILES string of the molecule is CC1Cc2sc(NC(C)C)nc2C(C)C1. The number of aromatic nitrogens is 1. The number of nitrogens with one attached hydrogen (secondary N) is 1. The van der Waals surface area contributed by atoms with Crippen molar-refractivity contribution in [3.8, 4) is 0 Å². The van der Waals surface area contributed by atoms with Gasteiger partial charge in [-0.3, -0.25) is 0 Å². The summed E-state index contributed by atoms with van der Waals surface area (Å²) in [6.07, 6.45) is 2.51. The van der Waals surface area contributed by atoms with Crippen LogP contribution >= 0.6 is 11.3 Å². The Morgan fingerprint density at radius 1 is 1.40 bits per heavy atom. The summed E-state index contributed by atoms with van der Waals surface area (Å²) in [6.45, 7) is 8.96. The molecule has 0 spiro atoms. The fraction of sp³-hybridized carbons (Fsp3) is 0.750. The maximum Gasteiger partial charge on any atom is 0.183 e. The molecule has 1 aliphatic carbocycles. The maximum absolute atomic E-state index is 4.71. The van der Waals surface area contributed by atoms with Crippen molar-refractivity contribution in [3.05, 3.63) is 10.6 Å². The van der Waals surface area contributed by atoms with Gasteiger partial charge in [0, 0.05) is 10.9 Å². The van der Waals surface area contributed by atoms with Crippen LogP contribution in [0.4, 0.5) is 5.13 Å². The van der Waals surface area contributed by atoms with Crippen LogP contribution in [0.15, 0.2) is 0 Å². The Labute approximate surface area is 96.1 Å². The fourth-order valence-electron chi connectivity index (χ4n) is 2.32. The Hall–Kier alpha value is -0.570. The molecule has 0 radical (unpaired) electrons. The van der Waals surface area contributed by atoms with Crippen molar-refractivity contribution in [1.82, 2.24) is 4.98 Å². The van der Waals surface area contributed by atoms with Crippen LogP contribution in [0.2, 0.25) is 0 Å². The monoisotopic (exact) mass is 224 g/mol. The summed E-state index contributed by atoms with van der Waals surface area (Å²) >= 11 is 1.85. The molecule has 15 heavy (non-hydrogen) atoms. The van der Waals surface area contributed by atoms with Crippen LogP contribution < -0.4 is 5.32 Å². The number of hydrogen-bond acceptors (Lipinski definition) is 3. The molecule has 3 heteroatoms. The summed E-state index contributed by atoms with van der Waals surface area (Å²) in [5.41, 5.74) is 1.35. The molecule has 0 aromatic carbocycles. The minimum atomic E-state index is 0.477. The van der Waals surface area contributed by atoms with Crippen LogP contribution in [-0.2, 0) is 6.42 Å². The molecule has 0 bridgehead atoms. The van der Waals surface area contributed by atoms with Gasteiger partial charge in [-0.1, -0.05) is 13.8 Å². The average Bonchev–Trinajstić information content (AvgIpc) is 2.45. The van der Waals surface area contributed by atoms with Gasteiger partial charge < -0.3 is 5.32 Å². The second kappa shape index (κ2) is 4.12. The van der Waals surface area contributed by atoms with Crippen LogP contribution in [0.5, 0.6) is 0 Å². The number of fused-ring (bicyclic) bond motifs is 1. The zero-order chi connectivity index (χ0) is 11.0. The van der Waals surface area contributed by atoms with E-state index in [1.807, 2.05) is 11.3 Å². The predicted molar refractivity (Wildman–Crippen MR) is 66.8 cm³/mol. The standard InChI is InChI=1S/C12H20N2S/c1-7(2)13-12-14-11-9(4)5-8(3)6-10(11)15-12/h7-9H,5-6H2,1-4H3,(H,13,14). The van der Waals surface area contributed by atoms with Gasteiger partial charge in [0.2, 0.25) is 0 Å². The summed E-state index contributed by atoms with van der Waals surface area (Å²) in [4.78, 5) is 6.22. The Balaban J connectivity index is 2.23. The molecule has 1 N–H and O–H groups in total. The van der Waals surface area contributed by atoms with Gasteiger partial charge in [-0.25, -0.2) is 4.98 Å². The molecular weight excluding hydrogens is 204 g/mol. The Kier molecular flexibility index (Phi) is 3.01. The van der Waals surface area contributed by atoms with Crippen LogP contribution in [-0.4, -0.2) is 11.0 Å². The molecule has 2 nitrogen and oxygen atoms in total. The van der Waals surface area contributed by atoms with Crippen molar-refractivity contribution in [3.63, 3.8) is 0 Å². The lowest BCUT2D eigenvalue weighted by Gasteiger charge is -2.22. The minimum Gasteiger partial charge on any atom is -0.359 e. The van der Waals surface area contributed by atoms with E-state index >= 15 is 0 Å². The number of thiazole rings is 1. The van der Waals surface area contributed by atoms with E-state index in [0.717, 1.165) is 11.0 Å². The van der Waals surface area contributed by atoms with Crippen molar-refractivity contribution in [1.29, 1.82) is 0 Å². The number of nitrogens with zero attached hydrogens (tertiary/aromatic N) is 1. The quantitative estimate of drug-likeness (QED) is 0.829. The zero-order valence-electron chi connectivity index (χ0n) is 10.0. The first-order valence-corrected chi connectivity index (χ1v) is 6.64. The van der Waals surface area contributed by atoms with Crippen LogP contribution in [0, 0.1) is 5.92 Å². The van der Waals surface area contributed by atoms with Gasteiger partial charge in [-0.2, -0.15) is 0 Å². The fourth-order valence-corrected chi connectivity index (χ4v) is 3.71. The number of anilines is 1. The van der Waals surface area contributed by atoms with E-state index in [4.69, 9.17) is 4.98 Å². The Morgan fingerprint density at radius 3 is 2.80 bits per heavy atom. The molecule has 1 aromatic rings. The summed E-state index contributed by atoms with van der Waals surface area (Å²) < 4.78 is 0. The van der Waals surface area contributed by atoms with Crippen molar-refractivity contribution in [2.24, 2.45) is 5.92 Å². The van der Waals surface area contributed by atoms with Crippen LogP contribution in [0.25, 0.3) is 0 Å². The first-order valence-electron chi connectivity index (χ1n) is 5.82. The topological polar surface area (TPSA) is 24.9 Å². The molecule has 2 atom stereocenters. The first-order chi connectivity index (χ1) is 7.06. The smallest absolute Gasteiger partial charge is 0.183 e. The molecule has 2 rings (SSSR count). The third-order valence-electron chi connectivity index (χ3n) is 2.90. The van der Waals surface area contributed by atoms with Gasteiger partial charge in [0.15, 0.2) is 5.13 Å². The van der Waals surface area contributed by atoms with Gasteiger partial charge in [-0.15, -0.1) is 11.3 Å². The van der Waals surface area contributed by atoms with Crippen molar-refractivity contribution in [2.75, 3.05) is 5.32 Å². The van der Waals surface area contributed by atoms with Crippen LogP contribution in [0.3, 0.4) is 0 Å². The van der Waals surface area contributed by atoms with Gasteiger partial charge in [0.1, 0.15) is 0 Å². The lowest BCUT2D eigenvalue weighted by molar-refractivity contribution is 0.448. The lowest BCUT2D eigenvalue weighted by atomic mass is 9.85. The number of rotatable bonds is 2. The summed E-state index contributed by atoms with van der Waals surface area (Å²) in [5.74, 6) is 1.46. The van der Waals surface area contributed by atoms with E-state index in [-0.39, 0.29) is 0 Å². The molecule has 84 valence electrons. The molecule has 0 fully saturated rings. The number of hydrogen-bond donors (Lipinski definition) is 1. The van der Waals surface area contributed by atoms with E-state index in [1.165, 1.54) is 23.4 Å². The molecule has 2 unspecified atom stereocenters. The predicted octanol–water partition coefficient (Wildman–Crippen LogP) is 3.65. The van der Waals surface area contributed by atoms with Gasteiger partial charge in [0.25, 0.3) is 0 Å². The average molecular weight is 224 g/mol. The van der Waals surface area contributed by atoms with Crippen molar-refractivity contribution < 1.29 is 0 Å². The van der Waals surface area contributed by atoms with Crippen molar-refractivity contribution in [2.45, 2.75) is 52.5 Å². The molecule has 1 aromatic heterocycles. The summed E-state index contributed by atoms with van der Waals surface area (Å²) in [5, 5.41) is 4.51. The Morgan fingerprint density at radius 2 is 2.13 bits per heavy atom. The zero-order valence-corrected chi connectivity index (χ0v) is 10.8. The summed E-state index contributed by atoms with van der Waals surface area (Å²) in [6, 6.07) is 0.477. The van der Waals surface area contributed by atoms with Crippen molar-refractivity contribution >= 4 is 16.5 Å². The molecule has 0 amide bonds. The molecule has 0 aliphatic heterocycles. The van der Waals surface area contributed by atoms with Crippen LogP contribution in [0.1, 0.15) is 50.6 Å². The molecule has 1 aliphatic rings. The van der Waals surface area contributed by atoms with Gasteiger partial charge in [0.05, 0.1) is 5.69 Å². The molecule has 1 heterocycles. The third-order valence-corrected chi connectivity index (χ3v) is 3.92. The Bertz CT molecular complexity index is 343. The van der Waals surface area contributed by atoms with E-state index in [1.54, 1.807) is 0 Å². The normalized spacial score (nSPS) is 25.4. The highest BCUT2D eigenvalue weighted by Gasteiger charge is 2.25. The second-order valence-corrected chi connectivity index (χ2v) is 6.16. The largest absolute Gasteiger partial charge is 0.359 e. The minimum absolute atomic E-state index is 0.477. The van der Waals surface area contributed by atoms with E-state index in [2.05, 4.69) is 33.0 Å². The maximum atomic E-state index is 4.71. The second-order valence-electron chi connectivity index (χ2n) is 5.07. The summed E-state index contributed by atoms with van der Waals surface area (Å²) in [7, 11) is 0. The molecule has 0 saturated carbocycles. The lowest BCUT2D eigenvalue weighted by Crippen LogP contribution is -2.13. The highest BCUT2D eigenvalue weighted by Crippen LogP contribution is 2.38. The highest BCUT2D eigenvalue weighted by atomic mass is 32.1. The molecular formula is C12H20N2S. The van der Waals surface area contributed by atoms with Gasteiger partial charge in [-0.05, 0) is 38.5 Å².